The largest absolute Gasteiger partial charge is 0.348 e. The minimum absolute atomic E-state index is 0.124. The van der Waals surface area contributed by atoms with Crippen LogP contribution in [0.15, 0.2) is 36.5 Å². The van der Waals surface area contributed by atoms with Crippen molar-refractivity contribution in [3.63, 3.8) is 0 Å². The average molecular weight is 294 g/mol. The Bertz CT molecular complexity index is 851. The molecule has 0 radical (unpaired) electrons. The van der Waals surface area contributed by atoms with Gasteiger partial charge in [0.05, 0.1) is 11.3 Å². The molecule has 0 aliphatic heterocycles. The Morgan fingerprint density at radius 2 is 2.05 bits per heavy atom. The second-order valence-corrected chi connectivity index (χ2v) is 5.41. The van der Waals surface area contributed by atoms with Gasteiger partial charge < -0.3 is 5.32 Å². The van der Waals surface area contributed by atoms with Crippen LogP contribution in [0.2, 0.25) is 0 Å². The molecule has 1 aromatic carbocycles. The number of hydrogen-bond donors (Lipinski definition) is 1. The quantitative estimate of drug-likeness (QED) is 0.807. The predicted molar refractivity (Wildman–Crippen MR) is 85.6 cm³/mol. The van der Waals surface area contributed by atoms with Gasteiger partial charge in [-0.3, -0.25) is 9.48 Å². The fourth-order valence-corrected chi connectivity index (χ4v) is 2.52. The molecule has 0 atom stereocenters. The highest BCUT2D eigenvalue weighted by atomic mass is 16.1. The third-order valence-electron chi connectivity index (χ3n) is 3.83. The highest BCUT2D eigenvalue weighted by Gasteiger charge is 2.11. The predicted octanol–water partition coefficient (Wildman–Crippen LogP) is 2.52. The van der Waals surface area contributed by atoms with E-state index in [1.807, 2.05) is 51.2 Å². The summed E-state index contributed by atoms with van der Waals surface area (Å²) in [7, 11) is 1.85. The summed E-state index contributed by atoms with van der Waals surface area (Å²) in [5, 5.41) is 8.17. The van der Waals surface area contributed by atoms with E-state index in [1.165, 1.54) is 5.56 Å². The molecule has 0 fully saturated rings. The van der Waals surface area contributed by atoms with Crippen LogP contribution in [0.3, 0.4) is 0 Å². The number of hydrogen-bond acceptors (Lipinski definition) is 3. The van der Waals surface area contributed by atoms with E-state index < -0.39 is 0 Å². The first-order valence-electron chi connectivity index (χ1n) is 7.18. The molecule has 0 saturated carbocycles. The van der Waals surface area contributed by atoms with E-state index in [1.54, 1.807) is 10.9 Å². The molecular formula is C17H18N4O. The van der Waals surface area contributed by atoms with E-state index in [0.29, 0.717) is 12.1 Å². The zero-order valence-electron chi connectivity index (χ0n) is 12.9. The van der Waals surface area contributed by atoms with E-state index in [0.717, 1.165) is 22.3 Å². The van der Waals surface area contributed by atoms with Crippen LogP contribution >= 0.6 is 0 Å². The smallest absolute Gasteiger partial charge is 0.253 e. The summed E-state index contributed by atoms with van der Waals surface area (Å²) in [6.45, 7) is 4.46. The summed E-state index contributed by atoms with van der Waals surface area (Å²) in [6, 6.07) is 9.86. The molecule has 3 aromatic rings. The Kier molecular flexibility index (Phi) is 3.63. The van der Waals surface area contributed by atoms with E-state index in [-0.39, 0.29) is 5.91 Å². The van der Waals surface area contributed by atoms with E-state index in [2.05, 4.69) is 15.4 Å². The van der Waals surface area contributed by atoms with Crippen LogP contribution in [0.4, 0.5) is 0 Å². The maximum absolute atomic E-state index is 12.3. The molecule has 0 bridgehead atoms. The number of rotatable bonds is 3. The first-order chi connectivity index (χ1) is 10.6. The Morgan fingerprint density at radius 3 is 2.82 bits per heavy atom. The molecule has 1 N–H and O–H groups in total. The van der Waals surface area contributed by atoms with Gasteiger partial charge in [0, 0.05) is 25.2 Å². The highest BCUT2D eigenvalue weighted by Crippen LogP contribution is 2.16. The topological polar surface area (TPSA) is 59.8 Å². The van der Waals surface area contributed by atoms with Gasteiger partial charge in [0.2, 0.25) is 0 Å². The summed E-state index contributed by atoms with van der Waals surface area (Å²) in [5.74, 6) is -0.124. The lowest BCUT2D eigenvalue weighted by atomic mass is 10.1. The molecule has 0 aliphatic rings. The van der Waals surface area contributed by atoms with Crippen molar-refractivity contribution in [1.82, 2.24) is 20.1 Å². The average Bonchev–Trinajstić information content (AvgIpc) is 2.80. The van der Waals surface area contributed by atoms with E-state index in [9.17, 15) is 4.79 Å². The second-order valence-electron chi connectivity index (χ2n) is 5.41. The molecule has 0 saturated heterocycles. The number of fused-ring (bicyclic) bond motifs is 1. The van der Waals surface area contributed by atoms with Crippen LogP contribution in [-0.2, 0) is 13.6 Å². The van der Waals surface area contributed by atoms with Crippen molar-refractivity contribution in [2.24, 2.45) is 7.05 Å². The maximum atomic E-state index is 12.3. The Hall–Kier alpha value is -2.69. The number of carbonyl (C=O) groups is 1. The number of pyridine rings is 1. The number of nitrogens with zero attached hydrogens (tertiary/aromatic N) is 3. The third kappa shape index (κ3) is 2.57. The summed E-state index contributed by atoms with van der Waals surface area (Å²) < 4.78 is 1.72. The number of amides is 1. The van der Waals surface area contributed by atoms with E-state index >= 15 is 0 Å². The SMILES string of the molecule is Cc1ccccc1CNC(=O)c1cnc2c(c1)c(C)nn2C. The fourth-order valence-electron chi connectivity index (χ4n) is 2.52. The van der Waals surface area contributed by atoms with Gasteiger partial charge in [-0.05, 0) is 31.0 Å². The van der Waals surface area contributed by atoms with Gasteiger partial charge in [0.1, 0.15) is 0 Å². The lowest BCUT2D eigenvalue weighted by Gasteiger charge is -2.08. The number of nitrogens with one attached hydrogen (secondary N) is 1. The third-order valence-corrected chi connectivity index (χ3v) is 3.83. The molecule has 2 aromatic heterocycles. The van der Waals surface area contributed by atoms with Crippen LogP contribution < -0.4 is 5.32 Å². The van der Waals surface area contributed by atoms with Crippen molar-refractivity contribution in [3.8, 4) is 0 Å². The van der Waals surface area contributed by atoms with Gasteiger partial charge in [-0.2, -0.15) is 5.10 Å². The van der Waals surface area contributed by atoms with Gasteiger partial charge in [0.15, 0.2) is 5.65 Å². The van der Waals surface area contributed by atoms with Crippen LogP contribution in [0.25, 0.3) is 11.0 Å². The summed E-state index contributed by atoms with van der Waals surface area (Å²) in [5.41, 5.74) is 4.49. The first-order valence-corrected chi connectivity index (χ1v) is 7.18. The van der Waals surface area contributed by atoms with Crippen molar-refractivity contribution in [3.05, 3.63) is 58.9 Å². The molecule has 5 nitrogen and oxygen atoms in total. The standard InChI is InChI=1S/C17H18N4O/c1-11-6-4-5-7-13(11)9-19-17(22)14-8-15-12(2)20-21(3)16(15)18-10-14/h4-8,10H,9H2,1-3H3,(H,19,22). The highest BCUT2D eigenvalue weighted by molar-refractivity contribution is 5.97. The van der Waals surface area contributed by atoms with Crippen LogP contribution in [-0.4, -0.2) is 20.7 Å². The van der Waals surface area contributed by atoms with Crippen molar-refractivity contribution in [2.45, 2.75) is 20.4 Å². The van der Waals surface area contributed by atoms with E-state index in [4.69, 9.17) is 0 Å². The normalized spacial score (nSPS) is 10.9. The van der Waals surface area contributed by atoms with Gasteiger partial charge in [-0.15, -0.1) is 0 Å². The first kappa shape index (κ1) is 14.3. The number of carbonyl (C=O) groups excluding carboxylic acids is 1. The Balaban J connectivity index is 1.80. The Labute approximate surface area is 129 Å². The molecule has 2 heterocycles. The molecule has 0 spiro atoms. The molecule has 22 heavy (non-hydrogen) atoms. The fraction of sp³-hybridized carbons (Fsp3) is 0.235. The van der Waals surface area contributed by atoms with Crippen molar-refractivity contribution < 1.29 is 4.79 Å². The second kappa shape index (κ2) is 5.60. The van der Waals surface area contributed by atoms with Crippen LogP contribution in [0.5, 0.6) is 0 Å². The number of benzene rings is 1. The minimum Gasteiger partial charge on any atom is -0.348 e. The lowest BCUT2D eigenvalue weighted by Crippen LogP contribution is -2.23. The summed E-state index contributed by atoms with van der Waals surface area (Å²) >= 11 is 0. The summed E-state index contributed by atoms with van der Waals surface area (Å²) in [4.78, 5) is 16.6. The van der Waals surface area contributed by atoms with Gasteiger partial charge in [0.25, 0.3) is 5.91 Å². The van der Waals surface area contributed by atoms with Gasteiger partial charge in [-0.1, -0.05) is 24.3 Å². The summed E-state index contributed by atoms with van der Waals surface area (Å²) in [6.07, 6.45) is 1.59. The monoisotopic (exact) mass is 294 g/mol. The molecule has 5 heteroatoms. The molecule has 3 rings (SSSR count). The van der Waals surface area contributed by atoms with Crippen molar-refractivity contribution >= 4 is 16.9 Å². The van der Waals surface area contributed by atoms with Gasteiger partial charge >= 0.3 is 0 Å². The molecular weight excluding hydrogens is 276 g/mol. The number of aryl methyl sites for hydroxylation is 3. The van der Waals surface area contributed by atoms with Crippen LogP contribution in [0, 0.1) is 13.8 Å². The zero-order chi connectivity index (χ0) is 15.7. The zero-order valence-corrected chi connectivity index (χ0v) is 12.9. The number of aromatic nitrogens is 3. The molecule has 1 amide bonds. The van der Waals surface area contributed by atoms with Crippen molar-refractivity contribution in [1.29, 1.82) is 0 Å². The van der Waals surface area contributed by atoms with Gasteiger partial charge in [-0.25, -0.2) is 4.98 Å². The maximum Gasteiger partial charge on any atom is 0.253 e. The molecule has 0 unspecified atom stereocenters. The molecule has 112 valence electrons. The minimum atomic E-state index is -0.124. The molecule has 0 aliphatic carbocycles. The Morgan fingerprint density at radius 1 is 1.27 bits per heavy atom. The van der Waals surface area contributed by atoms with Crippen LogP contribution in [0.1, 0.15) is 27.2 Å². The lowest BCUT2D eigenvalue weighted by molar-refractivity contribution is 0.0950. The van der Waals surface area contributed by atoms with Crippen molar-refractivity contribution in [2.75, 3.05) is 0 Å².